The number of carboxylic acid groups (broad SMARTS) is 1. The highest BCUT2D eigenvalue weighted by atomic mass is 19.1. The van der Waals surface area contributed by atoms with Crippen LogP contribution >= 0.6 is 0 Å². The average Bonchev–Trinajstić information content (AvgIpc) is 2.43. The number of nitrogens with one attached hydrogen (secondary N) is 1. The van der Waals surface area contributed by atoms with Crippen molar-refractivity contribution in [3.63, 3.8) is 0 Å². The summed E-state index contributed by atoms with van der Waals surface area (Å²) in [5, 5.41) is 11.3. The fraction of sp³-hybridized carbons (Fsp3) is 0.467. The summed E-state index contributed by atoms with van der Waals surface area (Å²) >= 11 is 0. The standard InChI is InChI=1S/C15H21FN2O3/c1-10(8-14(19)20)9-17-15(21)18(3)11(2)12-6-4-5-7-13(12)16/h4-7,10-11H,8-9H2,1-3H3,(H,17,21)(H,19,20). The van der Waals surface area contributed by atoms with Gasteiger partial charge in [0.05, 0.1) is 6.04 Å². The second kappa shape index (κ2) is 7.61. The van der Waals surface area contributed by atoms with Crippen LogP contribution in [0.3, 0.4) is 0 Å². The van der Waals surface area contributed by atoms with Gasteiger partial charge in [0.2, 0.25) is 0 Å². The van der Waals surface area contributed by atoms with E-state index in [0.29, 0.717) is 5.56 Å². The lowest BCUT2D eigenvalue weighted by Crippen LogP contribution is -2.40. The van der Waals surface area contributed by atoms with Crippen molar-refractivity contribution >= 4 is 12.0 Å². The molecule has 0 saturated heterocycles. The smallest absolute Gasteiger partial charge is 0.317 e. The number of amides is 2. The van der Waals surface area contributed by atoms with E-state index in [-0.39, 0.29) is 30.7 Å². The predicted octanol–water partition coefficient (Wildman–Crippen LogP) is 2.64. The van der Waals surface area contributed by atoms with E-state index in [2.05, 4.69) is 5.32 Å². The maximum absolute atomic E-state index is 13.7. The van der Waals surface area contributed by atoms with Gasteiger partial charge in [-0.15, -0.1) is 0 Å². The van der Waals surface area contributed by atoms with Gasteiger partial charge in [-0.25, -0.2) is 9.18 Å². The molecule has 0 aliphatic heterocycles. The Balaban J connectivity index is 2.58. The number of urea groups is 1. The summed E-state index contributed by atoms with van der Waals surface area (Å²) in [5.41, 5.74) is 0.439. The zero-order valence-electron chi connectivity index (χ0n) is 12.5. The van der Waals surface area contributed by atoms with Gasteiger partial charge >= 0.3 is 12.0 Å². The zero-order chi connectivity index (χ0) is 16.0. The normalized spacial score (nSPS) is 13.3. The summed E-state index contributed by atoms with van der Waals surface area (Å²) < 4.78 is 13.7. The van der Waals surface area contributed by atoms with Gasteiger partial charge in [-0.2, -0.15) is 0 Å². The van der Waals surface area contributed by atoms with Crippen molar-refractivity contribution in [2.24, 2.45) is 5.92 Å². The van der Waals surface area contributed by atoms with Crippen LogP contribution in [-0.4, -0.2) is 35.6 Å². The van der Waals surface area contributed by atoms with Gasteiger partial charge in [0.15, 0.2) is 0 Å². The number of aliphatic carboxylic acids is 1. The summed E-state index contributed by atoms with van der Waals surface area (Å²) in [5.74, 6) is -1.42. The number of benzene rings is 1. The Hall–Kier alpha value is -2.11. The fourth-order valence-corrected chi connectivity index (χ4v) is 1.95. The van der Waals surface area contributed by atoms with Crippen molar-refractivity contribution in [1.29, 1.82) is 0 Å². The number of rotatable bonds is 6. The first kappa shape index (κ1) is 16.9. The second-order valence-electron chi connectivity index (χ2n) is 5.20. The highest BCUT2D eigenvalue weighted by Gasteiger charge is 2.20. The number of carbonyl (C=O) groups is 2. The van der Waals surface area contributed by atoms with Crippen LogP contribution in [0.2, 0.25) is 0 Å². The number of nitrogens with zero attached hydrogens (tertiary/aromatic N) is 1. The first-order chi connectivity index (χ1) is 9.82. The van der Waals surface area contributed by atoms with Crippen LogP contribution in [0.5, 0.6) is 0 Å². The molecule has 21 heavy (non-hydrogen) atoms. The topological polar surface area (TPSA) is 69.6 Å². The molecule has 0 aliphatic carbocycles. The number of hydrogen-bond acceptors (Lipinski definition) is 2. The first-order valence-electron chi connectivity index (χ1n) is 6.79. The van der Waals surface area contributed by atoms with Crippen LogP contribution in [0.25, 0.3) is 0 Å². The molecule has 2 atom stereocenters. The molecule has 5 nitrogen and oxygen atoms in total. The molecular formula is C15H21FN2O3. The molecule has 1 aromatic rings. The summed E-state index contributed by atoms with van der Waals surface area (Å²) in [7, 11) is 1.58. The summed E-state index contributed by atoms with van der Waals surface area (Å²) in [6.07, 6.45) is -0.00708. The lowest BCUT2D eigenvalue weighted by molar-refractivity contribution is -0.137. The highest BCUT2D eigenvalue weighted by molar-refractivity contribution is 5.74. The molecule has 1 aromatic carbocycles. The molecule has 0 bridgehead atoms. The summed E-state index contributed by atoms with van der Waals surface area (Å²) in [4.78, 5) is 24.0. The number of carbonyl (C=O) groups excluding carboxylic acids is 1. The van der Waals surface area contributed by atoms with E-state index in [1.807, 2.05) is 0 Å². The minimum Gasteiger partial charge on any atom is -0.481 e. The maximum Gasteiger partial charge on any atom is 0.317 e. The largest absolute Gasteiger partial charge is 0.481 e. The SMILES string of the molecule is CC(CNC(=O)N(C)C(C)c1ccccc1F)CC(=O)O. The quantitative estimate of drug-likeness (QED) is 0.848. The van der Waals surface area contributed by atoms with Gasteiger partial charge in [0, 0.05) is 25.6 Å². The van der Waals surface area contributed by atoms with Crippen LogP contribution in [-0.2, 0) is 4.79 Å². The molecule has 0 spiro atoms. The lowest BCUT2D eigenvalue weighted by Gasteiger charge is -2.26. The van der Waals surface area contributed by atoms with Crippen molar-refractivity contribution in [1.82, 2.24) is 10.2 Å². The van der Waals surface area contributed by atoms with Crippen molar-refractivity contribution < 1.29 is 19.1 Å². The van der Waals surface area contributed by atoms with Gasteiger partial charge in [-0.1, -0.05) is 25.1 Å². The van der Waals surface area contributed by atoms with Crippen LogP contribution in [0.15, 0.2) is 24.3 Å². The molecule has 1 rings (SSSR count). The molecule has 0 fully saturated rings. The highest BCUT2D eigenvalue weighted by Crippen LogP contribution is 2.21. The molecule has 116 valence electrons. The Morgan fingerprint density at radius 1 is 1.33 bits per heavy atom. The van der Waals surface area contributed by atoms with E-state index in [0.717, 1.165) is 0 Å². The molecule has 0 aliphatic rings. The molecule has 0 saturated carbocycles. The van der Waals surface area contributed by atoms with Crippen molar-refractivity contribution in [2.45, 2.75) is 26.3 Å². The van der Waals surface area contributed by atoms with Crippen molar-refractivity contribution in [3.05, 3.63) is 35.6 Å². The van der Waals surface area contributed by atoms with Gasteiger partial charge in [-0.05, 0) is 18.9 Å². The number of hydrogen-bond donors (Lipinski definition) is 2. The third kappa shape index (κ3) is 5.06. The van der Waals surface area contributed by atoms with E-state index >= 15 is 0 Å². The molecule has 0 aromatic heterocycles. The Labute approximate surface area is 123 Å². The molecule has 2 N–H and O–H groups in total. The summed E-state index contributed by atoms with van der Waals surface area (Å²) in [6.45, 7) is 3.74. The molecule has 6 heteroatoms. The fourth-order valence-electron chi connectivity index (χ4n) is 1.95. The average molecular weight is 296 g/mol. The minimum atomic E-state index is -0.898. The van der Waals surface area contributed by atoms with Crippen molar-refractivity contribution in [2.75, 3.05) is 13.6 Å². The molecular weight excluding hydrogens is 275 g/mol. The number of halogens is 1. The van der Waals surface area contributed by atoms with E-state index in [4.69, 9.17) is 5.11 Å². The van der Waals surface area contributed by atoms with Crippen LogP contribution in [0.4, 0.5) is 9.18 Å². The van der Waals surface area contributed by atoms with Crippen LogP contribution in [0.1, 0.15) is 31.9 Å². The summed E-state index contributed by atoms with van der Waals surface area (Å²) in [6, 6.07) is 5.53. The van der Waals surface area contributed by atoms with Crippen molar-refractivity contribution in [3.8, 4) is 0 Å². The third-order valence-electron chi connectivity index (χ3n) is 3.38. The zero-order valence-corrected chi connectivity index (χ0v) is 12.5. The van der Waals surface area contributed by atoms with Gasteiger partial charge in [-0.3, -0.25) is 4.79 Å². The molecule has 0 heterocycles. The Morgan fingerprint density at radius 3 is 2.52 bits per heavy atom. The van der Waals surface area contributed by atoms with E-state index in [9.17, 15) is 14.0 Å². The Morgan fingerprint density at radius 2 is 1.95 bits per heavy atom. The first-order valence-corrected chi connectivity index (χ1v) is 6.79. The predicted molar refractivity (Wildman–Crippen MR) is 77.4 cm³/mol. The van der Waals surface area contributed by atoms with E-state index < -0.39 is 12.0 Å². The maximum atomic E-state index is 13.7. The van der Waals surface area contributed by atoms with Crippen LogP contribution in [0, 0.1) is 11.7 Å². The third-order valence-corrected chi connectivity index (χ3v) is 3.38. The van der Waals surface area contributed by atoms with E-state index in [1.54, 1.807) is 39.1 Å². The molecule has 2 unspecified atom stereocenters. The molecule has 0 radical (unpaired) electrons. The van der Waals surface area contributed by atoms with Crippen LogP contribution < -0.4 is 5.32 Å². The van der Waals surface area contributed by atoms with Gasteiger partial charge in [0.1, 0.15) is 5.82 Å². The minimum absolute atomic E-state index is 0.00708. The number of carboxylic acids is 1. The lowest BCUT2D eigenvalue weighted by atomic mass is 10.1. The Bertz CT molecular complexity index is 507. The molecule has 2 amide bonds. The van der Waals surface area contributed by atoms with E-state index in [1.165, 1.54) is 11.0 Å². The van der Waals surface area contributed by atoms with Gasteiger partial charge < -0.3 is 15.3 Å². The van der Waals surface area contributed by atoms with Gasteiger partial charge in [0.25, 0.3) is 0 Å². The monoisotopic (exact) mass is 296 g/mol. The second-order valence-corrected chi connectivity index (χ2v) is 5.20. The Kier molecular flexibility index (Phi) is 6.14.